The van der Waals surface area contributed by atoms with E-state index >= 15 is 0 Å². The fraction of sp³-hybridized carbons (Fsp3) is 0.0588. The third-order valence-corrected chi connectivity index (χ3v) is 2.81. The molecule has 2 rings (SSSR count). The number of benzene rings is 2. The molecule has 2 aromatic carbocycles. The lowest BCUT2D eigenvalue weighted by Crippen LogP contribution is -2.08. The third-order valence-electron chi connectivity index (χ3n) is 2.81. The van der Waals surface area contributed by atoms with Gasteiger partial charge < -0.3 is 4.74 Å². The summed E-state index contributed by atoms with van der Waals surface area (Å²) in [7, 11) is 0. The zero-order chi connectivity index (χ0) is 14.5. The van der Waals surface area contributed by atoms with Crippen LogP contribution in [0, 0.1) is 11.3 Å². The Morgan fingerprint density at radius 3 is 2.10 bits per heavy atom. The second-order valence-corrected chi connectivity index (χ2v) is 4.38. The summed E-state index contributed by atoms with van der Waals surface area (Å²) in [5.74, 6) is -0.0130. The number of carbonyl (C=O) groups excluding carboxylic acids is 1. The van der Waals surface area contributed by atoms with Crippen LogP contribution in [0.2, 0.25) is 0 Å². The molecule has 0 radical (unpaired) electrons. The topological polar surface area (TPSA) is 50.1 Å². The summed E-state index contributed by atoms with van der Waals surface area (Å²) < 4.78 is 5.23. The van der Waals surface area contributed by atoms with Crippen molar-refractivity contribution in [1.82, 2.24) is 0 Å². The van der Waals surface area contributed by atoms with Gasteiger partial charge in [0.2, 0.25) is 0 Å². The molecule has 98 valence electrons. The molecule has 0 unspecified atom stereocenters. The fourth-order valence-corrected chi connectivity index (χ4v) is 1.65. The van der Waals surface area contributed by atoms with Gasteiger partial charge in [0.25, 0.3) is 0 Å². The monoisotopic (exact) mass is 263 g/mol. The van der Waals surface area contributed by atoms with Crippen LogP contribution >= 0.6 is 0 Å². The van der Waals surface area contributed by atoms with Gasteiger partial charge in [-0.15, -0.1) is 0 Å². The van der Waals surface area contributed by atoms with Crippen molar-refractivity contribution in [2.45, 2.75) is 6.92 Å². The van der Waals surface area contributed by atoms with E-state index in [4.69, 9.17) is 10.00 Å². The van der Waals surface area contributed by atoms with Gasteiger partial charge in [0.1, 0.15) is 5.75 Å². The zero-order valence-corrected chi connectivity index (χ0v) is 11.1. The molecule has 0 fully saturated rings. The van der Waals surface area contributed by atoms with Crippen molar-refractivity contribution in [3.05, 3.63) is 71.8 Å². The highest BCUT2D eigenvalue weighted by Gasteiger charge is 2.08. The highest BCUT2D eigenvalue weighted by Crippen LogP contribution is 2.16. The molecule has 0 aliphatic carbocycles. The fourth-order valence-electron chi connectivity index (χ4n) is 1.65. The number of hydrogen-bond donors (Lipinski definition) is 0. The summed E-state index contributed by atoms with van der Waals surface area (Å²) in [4.78, 5) is 11.9. The first kappa shape index (κ1) is 13.6. The maximum Gasteiger partial charge on any atom is 0.343 e. The van der Waals surface area contributed by atoms with Crippen molar-refractivity contribution < 1.29 is 9.53 Å². The molecule has 0 N–H and O–H groups in total. The maximum atomic E-state index is 11.9. The van der Waals surface area contributed by atoms with Crippen molar-refractivity contribution in [2.24, 2.45) is 0 Å². The molecule has 20 heavy (non-hydrogen) atoms. The van der Waals surface area contributed by atoms with Crippen LogP contribution in [0.5, 0.6) is 5.75 Å². The second kappa shape index (κ2) is 5.85. The van der Waals surface area contributed by atoms with Crippen molar-refractivity contribution in [1.29, 1.82) is 5.26 Å². The molecule has 0 amide bonds. The molecular weight excluding hydrogens is 250 g/mol. The summed E-state index contributed by atoms with van der Waals surface area (Å²) in [6, 6.07) is 15.5. The van der Waals surface area contributed by atoms with E-state index in [1.807, 2.05) is 25.1 Å². The predicted molar refractivity (Wildman–Crippen MR) is 77.3 cm³/mol. The Kier molecular flexibility index (Phi) is 3.97. The molecule has 3 nitrogen and oxygen atoms in total. The highest BCUT2D eigenvalue weighted by molar-refractivity contribution is 5.91. The van der Waals surface area contributed by atoms with Gasteiger partial charge in [-0.1, -0.05) is 24.3 Å². The minimum absolute atomic E-state index is 0.415. The van der Waals surface area contributed by atoms with Gasteiger partial charge in [-0.3, -0.25) is 0 Å². The van der Waals surface area contributed by atoms with E-state index in [1.54, 1.807) is 36.4 Å². The van der Waals surface area contributed by atoms with E-state index in [2.05, 4.69) is 6.58 Å². The van der Waals surface area contributed by atoms with Crippen molar-refractivity contribution in [3.8, 4) is 11.8 Å². The van der Waals surface area contributed by atoms with Crippen LogP contribution in [0.15, 0.2) is 55.1 Å². The minimum Gasteiger partial charge on any atom is -0.423 e. The molecule has 0 saturated heterocycles. The van der Waals surface area contributed by atoms with Gasteiger partial charge in [0, 0.05) is 0 Å². The van der Waals surface area contributed by atoms with Crippen LogP contribution in [0.1, 0.15) is 28.4 Å². The van der Waals surface area contributed by atoms with Gasteiger partial charge in [0.15, 0.2) is 0 Å². The Morgan fingerprint density at radius 1 is 1.05 bits per heavy atom. The van der Waals surface area contributed by atoms with Crippen LogP contribution in [0.3, 0.4) is 0 Å². The molecule has 0 saturated carbocycles. The van der Waals surface area contributed by atoms with Crippen LogP contribution in [0.4, 0.5) is 0 Å². The summed E-state index contributed by atoms with van der Waals surface area (Å²) in [6.07, 6.45) is 0. The predicted octanol–water partition coefficient (Wildman–Crippen LogP) is 3.81. The number of ether oxygens (including phenoxy) is 1. The molecule has 0 heterocycles. The van der Waals surface area contributed by atoms with Crippen LogP contribution < -0.4 is 4.74 Å². The Balaban J connectivity index is 2.11. The van der Waals surface area contributed by atoms with E-state index in [0.29, 0.717) is 16.9 Å². The number of nitriles is 1. The average molecular weight is 263 g/mol. The first-order valence-electron chi connectivity index (χ1n) is 6.08. The molecule has 0 bridgehead atoms. The maximum absolute atomic E-state index is 11.9. The summed E-state index contributed by atoms with van der Waals surface area (Å²) in [5.41, 5.74) is 2.92. The summed E-state index contributed by atoms with van der Waals surface area (Å²) >= 11 is 0. The van der Waals surface area contributed by atoms with Gasteiger partial charge >= 0.3 is 5.97 Å². The molecule has 0 atom stereocenters. The normalized spacial score (nSPS) is 9.60. The number of esters is 1. The van der Waals surface area contributed by atoms with Gasteiger partial charge in [-0.05, 0) is 48.9 Å². The second-order valence-electron chi connectivity index (χ2n) is 4.38. The number of hydrogen-bond acceptors (Lipinski definition) is 3. The van der Waals surface area contributed by atoms with Crippen LogP contribution in [-0.4, -0.2) is 5.97 Å². The van der Waals surface area contributed by atoms with Crippen molar-refractivity contribution >= 4 is 11.5 Å². The van der Waals surface area contributed by atoms with E-state index in [9.17, 15) is 4.79 Å². The van der Waals surface area contributed by atoms with E-state index in [1.165, 1.54) is 0 Å². The molecule has 0 aliphatic rings. The smallest absolute Gasteiger partial charge is 0.343 e. The standard InChI is InChI=1S/C17H13NO2/c1-12(2)14-5-7-15(8-6-14)17(19)20-16-9-3-13(11-18)4-10-16/h3-10H,1H2,2H3. The molecule has 2 aromatic rings. The third kappa shape index (κ3) is 3.12. The molecule has 0 aromatic heterocycles. The average Bonchev–Trinajstić information content (AvgIpc) is 2.48. The molecule has 0 aliphatic heterocycles. The first-order valence-corrected chi connectivity index (χ1v) is 6.08. The lowest BCUT2D eigenvalue weighted by Gasteiger charge is -2.05. The Hall–Kier alpha value is -2.86. The number of nitrogens with zero attached hydrogens (tertiary/aromatic N) is 1. The van der Waals surface area contributed by atoms with Gasteiger partial charge in [0.05, 0.1) is 17.2 Å². The Labute approximate surface area is 117 Å². The minimum atomic E-state index is -0.428. The lowest BCUT2D eigenvalue weighted by atomic mass is 10.1. The Bertz CT molecular complexity index is 676. The van der Waals surface area contributed by atoms with E-state index in [-0.39, 0.29) is 0 Å². The molecule has 3 heteroatoms. The number of allylic oxidation sites excluding steroid dienone is 1. The number of rotatable bonds is 3. The van der Waals surface area contributed by atoms with Crippen LogP contribution in [-0.2, 0) is 0 Å². The quantitative estimate of drug-likeness (QED) is 0.625. The van der Waals surface area contributed by atoms with E-state index in [0.717, 1.165) is 11.1 Å². The largest absolute Gasteiger partial charge is 0.423 e. The van der Waals surface area contributed by atoms with Crippen LogP contribution in [0.25, 0.3) is 5.57 Å². The zero-order valence-electron chi connectivity index (χ0n) is 11.1. The summed E-state index contributed by atoms with van der Waals surface area (Å²) in [5, 5.41) is 8.69. The SMILES string of the molecule is C=C(C)c1ccc(C(=O)Oc2ccc(C#N)cc2)cc1. The molecule has 0 spiro atoms. The Morgan fingerprint density at radius 2 is 1.60 bits per heavy atom. The van der Waals surface area contributed by atoms with Crippen molar-refractivity contribution in [2.75, 3.05) is 0 Å². The van der Waals surface area contributed by atoms with Crippen molar-refractivity contribution in [3.63, 3.8) is 0 Å². The molecular formula is C17H13NO2. The van der Waals surface area contributed by atoms with Gasteiger partial charge in [-0.25, -0.2) is 4.79 Å². The summed E-state index contributed by atoms with van der Waals surface area (Å²) in [6.45, 7) is 5.75. The lowest BCUT2D eigenvalue weighted by molar-refractivity contribution is 0.0735. The first-order chi connectivity index (χ1) is 9.60. The number of carbonyl (C=O) groups is 1. The highest BCUT2D eigenvalue weighted by atomic mass is 16.5. The van der Waals surface area contributed by atoms with Gasteiger partial charge in [-0.2, -0.15) is 5.26 Å². The van der Waals surface area contributed by atoms with E-state index < -0.39 is 5.97 Å².